The number of piperidine rings is 1. The van der Waals surface area contributed by atoms with Crippen LogP contribution in [0.4, 0.5) is 21.9 Å². The molecule has 0 atom stereocenters. The van der Waals surface area contributed by atoms with Gasteiger partial charge in [0.2, 0.25) is 5.91 Å². The van der Waals surface area contributed by atoms with Crippen LogP contribution in [0.25, 0.3) is 0 Å². The van der Waals surface area contributed by atoms with Crippen molar-refractivity contribution < 1.29 is 19.1 Å². The van der Waals surface area contributed by atoms with Crippen LogP contribution in [0.15, 0.2) is 36.4 Å². The SMILES string of the molecule is COc1ccc(NC(=O)Nc2ccc(C)c(N3CCCCC3=O)c2)cc1OC. The van der Waals surface area contributed by atoms with Crippen molar-refractivity contribution >= 4 is 29.0 Å². The summed E-state index contributed by atoms with van der Waals surface area (Å²) < 4.78 is 10.4. The highest BCUT2D eigenvalue weighted by molar-refractivity contribution is 6.01. The quantitative estimate of drug-likeness (QED) is 0.812. The third-order valence-corrected chi connectivity index (χ3v) is 4.72. The number of hydrogen-bond donors (Lipinski definition) is 2. The normalized spacial score (nSPS) is 13.8. The van der Waals surface area contributed by atoms with Gasteiger partial charge in [-0.25, -0.2) is 4.79 Å². The maximum absolute atomic E-state index is 12.4. The summed E-state index contributed by atoms with van der Waals surface area (Å²) in [5.41, 5.74) is 3.04. The van der Waals surface area contributed by atoms with Gasteiger partial charge in [0.25, 0.3) is 0 Å². The van der Waals surface area contributed by atoms with Crippen molar-refractivity contribution in [3.8, 4) is 11.5 Å². The molecule has 0 spiro atoms. The standard InChI is InChI=1S/C21H25N3O4/c1-14-7-8-15(12-17(14)24-11-5-4-6-20(24)25)22-21(26)23-16-9-10-18(27-2)19(13-16)28-3/h7-10,12-13H,4-6,11H2,1-3H3,(H2,22,23,26). The first-order valence-electron chi connectivity index (χ1n) is 9.23. The van der Waals surface area contributed by atoms with Gasteiger partial charge in [0, 0.05) is 36.1 Å². The van der Waals surface area contributed by atoms with Crippen molar-refractivity contribution in [2.75, 3.05) is 36.3 Å². The Balaban J connectivity index is 1.72. The molecule has 1 fully saturated rings. The zero-order valence-corrected chi connectivity index (χ0v) is 16.4. The number of urea groups is 1. The Labute approximate surface area is 164 Å². The number of ether oxygens (including phenoxy) is 2. The Morgan fingerprint density at radius 1 is 0.964 bits per heavy atom. The highest BCUT2D eigenvalue weighted by atomic mass is 16.5. The predicted molar refractivity (Wildman–Crippen MR) is 110 cm³/mol. The Bertz CT molecular complexity index is 882. The number of carbonyl (C=O) groups is 2. The van der Waals surface area contributed by atoms with Crippen LogP contribution in [0.2, 0.25) is 0 Å². The lowest BCUT2D eigenvalue weighted by atomic mass is 10.1. The molecule has 7 nitrogen and oxygen atoms in total. The number of nitrogens with one attached hydrogen (secondary N) is 2. The largest absolute Gasteiger partial charge is 0.493 e. The van der Waals surface area contributed by atoms with Crippen LogP contribution in [0, 0.1) is 6.92 Å². The lowest BCUT2D eigenvalue weighted by Gasteiger charge is -2.28. The Kier molecular flexibility index (Phi) is 6.03. The molecule has 0 aromatic heterocycles. The van der Waals surface area contributed by atoms with Crippen LogP contribution in [-0.4, -0.2) is 32.7 Å². The monoisotopic (exact) mass is 383 g/mol. The lowest BCUT2D eigenvalue weighted by molar-refractivity contribution is -0.119. The minimum Gasteiger partial charge on any atom is -0.493 e. The van der Waals surface area contributed by atoms with E-state index in [1.807, 2.05) is 25.1 Å². The van der Waals surface area contributed by atoms with Crippen LogP contribution in [0.5, 0.6) is 11.5 Å². The van der Waals surface area contributed by atoms with Crippen molar-refractivity contribution in [1.29, 1.82) is 0 Å². The number of anilines is 3. The zero-order chi connectivity index (χ0) is 20.1. The van der Waals surface area contributed by atoms with Crippen LogP contribution < -0.4 is 25.0 Å². The van der Waals surface area contributed by atoms with E-state index in [2.05, 4.69) is 10.6 Å². The molecule has 2 aromatic carbocycles. The van der Waals surface area contributed by atoms with E-state index < -0.39 is 0 Å². The average molecular weight is 383 g/mol. The second kappa shape index (κ2) is 8.65. The van der Waals surface area contributed by atoms with Gasteiger partial charge in [-0.3, -0.25) is 4.79 Å². The first-order valence-corrected chi connectivity index (χ1v) is 9.23. The molecule has 148 valence electrons. The summed E-state index contributed by atoms with van der Waals surface area (Å²) in [4.78, 5) is 26.4. The van der Waals surface area contributed by atoms with Crippen molar-refractivity contribution in [2.45, 2.75) is 26.2 Å². The summed E-state index contributed by atoms with van der Waals surface area (Å²) in [6, 6.07) is 10.3. The van der Waals surface area contributed by atoms with E-state index in [1.54, 1.807) is 30.2 Å². The van der Waals surface area contributed by atoms with Crippen molar-refractivity contribution in [2.24, 2.45) is 0 Å². The summed E-state index contributed by atoms with van der Waals surface area (Å²) in [5.74, 6) is 1.24. The highest BCUT2D eigenvalue weighted by Crippen LogP contribution is 2.30. The fraction of sp³-hybridized carbons (Fsp3) is 0.333. The summed E-state index contributed by atoms with van der Waals surface area (Å²) in [6.07, 6.45) is 2.49. The van der Waals surface area contributed by atoms with E-state index >= 15 is 0 Å². The summed E-state index contributed by atoms with van der Waals surface area (Å²) in [7, 11) is 3.09. The Hall–Kier alpha value is -3.22. The third kappa shape index (κ3) is 4.36. The van der Waals surface area contributed by atoms with Gasteiger partial charge in [-0.2, -0.15) is 0 Å². The minimum atomic E-state index is -0.382. The Morgan fingerprint density at radius 2 is 1.64 bits per heavy atom. The van der Waals surface area contributed by atoms with Crippen LogP contribution >= 0.6 is 0 Å². The molecule has 0 aliphatic carbocycles. The molecule has 0 unspecified atom stereocenters. The van der Waals surface area contributed by atoms with Gasteiger partial charge >= 0.3 is 6.03 Å². The third-order valence-electron chi connectivity index (χ3n) is 4.72. The smallest absolute Gasteiger partial charge is 0.323 e. The molecule has 0 saturated carbocycles. The van der Waals surface area contributed by atoms with Gasteiger partial charge in [-0.05, 0) is 49.6 Å². The average Bonchev–Trinajstić information content (AvgIpc) is 2.70. The zero-order valence-electron chi connectivity index (χ0n) is 16.4. The van der Waals surface area contributed by atoms with Gasteiger partial charge in [-0.15, -0.1) is 0 Å². The topological polar surface area (TPSA) is 79.9 Å². The molecular weight excluding hydrogens is 358 g/mol. The molecule has 28 heavy (non-hydrogen) atoms. The second-order valence-electron chi connectivity index (χ2n) is 6.65. The molecule has 2 aromatic rings. The van der Waals surface area contributed by atoms with Gasteiger partial charge in [0.15, 0.2) is 11.5 Å². The molecule has 3 rings (SSSR count). The number of nitrogens with zero attached hydrogens (tertiary/aromatic N) is 1. The molecule has 0 radical (unpaired) electrons. The van der Waals surface area contributed by atoms with Crippen molar-refractivity contribution in [1.82, 2.24) is 0 Å². The van der Waals surface area contributed by atoms with Gasteiger partial charge in [0.1, 0.15) is 0 Å². The number of rotatable bonds is 5. The lowest BCUT2D eigenvalue weighted by Crippen LogP contribution is -2.35. The maximum Gasteiger partial charge on any atom is 0.323 e. The van der Waals surface area contributed by atoms with Crippen molar-refractivity contribution in [3.05, 3.63) is 42.0 Å². The van der Waals surface area contributed by atoms with E-state index in [9.17, 15) is 9.59 Å². The van der Waals surface area contributed by atoms with Gasteiger partial charge < -0.3 is 25.0 Å². The summed E-state index contributed by atoms with van der Waals surface area (Å²) >= 11 is 0. The number of benzene rings is 2. The molecular formula is C21H25N3O4. The molecule has 1 saturated heterocycles. The second-order valence-corrected chi connectivity index (χ2v) is 6.65. The molecule has 1 aliphatic heterocycles. The molecule has 1 heterocycles. The van der Waals surface area contributed by atoms with Crippen molar-refractivity contribution in [3.63, 3.8) is 0 Å². The molecule has 7 heteroatoms. The minimum absolute atomic E-state index is 0.126. The maximum atomic E-state index is 12.4. The molecule has 2 N–H and O–H groups in total. The predicted octanol–water partition coefficient (Wildman–Crippen LogP) is 4.17. The number of hydrogen-bond acceptors (Lipinski definition) is 4. The number of aryl methyl sites for hydroxylation is 1. The molecule has 0 bridgehead atoms. The highest BCUT2D eigenvalue weighted by Gasteiger charge is 2.21. The number of amides is 3. The van der Waals surface area contributed by atoms with Crippen LogP contribution in [0.3, 0.4) is 0 Å². The van der Waals surface area contributed by atoms with Gasteiger partial charge in [-0.1, -0.05) is 6.07 Å². The number of carbonyl (C=O) groups excluding carboxylic acids is 2. The van der Waals surface area contributed by atoms with E-state index in [4.69, 9.17) is 9.47 Å². The van der Waals surface area contributed by atoms with Crippen LogP contribution in [0.1, 0.15) is 24.8 Å². The van der Waals surface area contributed by atoms with E-state index in [0.29, 0.717) is 35.8 Å². The summed E-state index contributed by atoms with van der Waals surface area (Å²) in [6.45, 7) is 2.67. The van der Waals surface area contributed by atoms with E-state index in [-0.39, 0.29) is 11.9 Å². The number of methoxy groups -OCH3 is 2. The Morgan fingerprint density at radius 3 is 2.32 bits per heavy atom. The van der Waals surface area contributed by atoms with E-state index in [1.165, 1.54) is 7.11 Å². The first-order chi connectivity index (χ1) is 13.5. The van der Waals surface area contributed by atoms with Crippen LogP contribution in [-0.2, 0) is 4.79 Å². The summed E-state index contributed by atoms with van der Waals surface area (Å²) in [5, 5.41) is 5.59. The molecule has 1 aliphatic rings. The van der Waals surface area contributed by atoms with Gasteiger partial charge in [0.05, 0.1) is 14.2 Å². The first kappa shape index (κ1) is 19.5. The fourth-order valence-electron chi connectivity index (χ4n) is 3.25. The van der Waals surface area contributed by atoms with E-state index in [0.717, 1.165) is 24.1 Å². The fourth-order valence-corrected chi connectivity index (χ4v) is 3.25. The molecule has 3 amide bonds.